The molecule has 1 rings (SSSR count). The van der Waals surface area contributed by atoms with E-state index in [9.17, 15) is 4.79 Å². The van der Waals surface area contributed by atoms with Gasteiger partial charge in [-0.25, -0.2) is 0 Å². The van der Waals surface area contributed by atoms with Crippen molar-refractivity contribution in [1.82, 2.24) is 5.32 Å². The van der Waals surface area contributed by atoms with Crippen molar-refractivity contribution in [3.05, 3.63) is 33.8 Å². The first kappa shape index (κ1) is 13.8. The number of benzene rings is 1. The number of carbonyl (C=O) groups excluding carboxylic acids is 1. The molecule has 0 bridgehead atoms. The fourth-order valence-corrected chi connectivity index (χ4v) is 1.76. The van der Waals surface area contributed by atoms with Gasteiger partial charge >= 0.3 is 0 Å². The summed E-state index contributed by atoms with van der Waals surface area (Å²) in [5.41, 5.74) is 1.67. The molecule has 0 radical (unpaired) electrons. The summed E-state index contributed by atoms with van der Waals surface area (Å²) < 4.78 is 0.996. The van der Waals surface area contributed by atoms with Crippen LogP contribution in [0.5, 0.6) is 0 Å². The molecule has 2 nitrogen and oxygen atoms in total. The summed E-state index contributed by atoms with van der Waals surface area (Å²) in [7, 11) is 0. The number of aryl methyl sites for hydroxylation is 1. The zero-order valence-corrected chi connectivity index (χ0v) is 11.7. The number of terminal acetylenes is 1. The monoisotopic (exact) mass is 293 g/mol. The molecule has 1 N–H and O–H groups in total. The number of halogens is 1. The number of hydrogen-bond donors (Lipinski definition) is 1. The molecule has 0 fully saturated rings. The number of rotatable bonds is 4. The predicted octanol–water partition coefficient (Wildman–Crippen LogP) is 3.29. The van der Waals surface area contributed by atoms with Crippen LogP contribution in [0.4, 0.5) is 0 Å². The summed E-state index contributed by atoms with van der Waals surface area (Å²) in [6.45, 7) is 3.99. The maximum absolute atomic E-state index is 11.9. The van der Waals surface area contributed by atoms with Gasteiger partial charge in [0.15, 0.2) is 0 Å². The second kappa shape index (κ2) is 6.46. The van der Waals surface area contributed by atoms with Crippen LogP contribution < -0.4 is 5.32 Å². The Morgan fingerprint density at radius 3 is 2.82 bits per heavy atom. The van der Waals surface area contributed by atoms with E-state index in [1.54, 1.807) is 6.07 Å². The van der Waals surface area contributed by atoms with E-state index >= 15 is 0 Å². The van der Waals surface area contributed by atoms with Gasteiger partial charge in [0, 0.05) is 10.0 Å². The highest BCUT2D eigenvalue weighted by Gasteiger charge is 2.11. The van der Waals surface area contributed by atoms with Gasteiger partial charge in [0.05, 0.1) is 6.04 Å². The number of amides is 1. The van der Waals surface area contributed by atoms with Crippen LogP contribution in [0.25, 0.3) is 0 Å². The third kappa shape index (κ3) is 3.90. The minimum atomic E-state index is -0.184. The van der Waals surface area contributed by atoms with Gasteiger partial charge < -0.3 is 5.32 Å². The molecular formula is C14H16BrNO. The van der Waals surface area contributed by atoms with Crippen LogP contribution in [0.3, 0.4) is 0 Å². The van der Waals surface area contributed by atoms with Crippen LogP contribution in [0.1, 0.15) is 35.7 Å². The van der Waals surface area contributed by atoms with E-state index in [-0.39, 0.29) is 11.9 Å². The molecule has 0 aliphatic heterocycles. The molecule has 0 saturated carbocycles. The molecular weight excluding hydrogens is 278 g/mol. The van der Waals surface area contributed by atoms with Gasteiger partial charge in [-0.3, -0.25) is 4.79 Å². The van der Waals surface area contributed by atoms with Crippen molar-refractivity contribution in [2.24, 2.45) is 0 Å². The van der Waals surface area contributed by atoms with Gasteiger partial charge in [-0.05, 0) is 37.1 Å². The molecule has 0 aromatic heterocycles. The first-order chi connectivity index (χ1) is 8.08. The Hall–Kier alpha value is -1.27. The molecule has 0 spiro atoms. The maximum atomic E-state index is 11.9. The average molecular weight is 294 g/mol. The Morgan fingerprint density at radius 2 is 2.29 bits per heavy atom. The van der Waals surface area contributed by atoms with Gasteiger partial charge in [-0.1, -0.05) is 35.2 Å². The fourth-order valence-electron chi connectivity index (χ4n) is 1.51. The smallest absolute Gasteiger partial charge is 0.252 e. The normalized spacial score (nSPS) is 11.6. The highest BCUT2D eigenvalue weighted by atomic mass is 79.9. The first-order valence-electron chi connectivity index (χ1n) is 5.61. The summed E-state index contributed by atoms with van der Waals surface area (Å²) in [4.78, 5) is 11.9. The molecule has 1 unspecified atom stereocenters. The van der Waals surface area contributed by atoms with E-state index in [1.165, 1.54) is 0 Å². The van der Waals surface area contributed by atoms with Crippen LogP contribution in [0.15, 0.2) is 22.7 Å². The minimum absolute atomic E-state index is 0.114. The van der Waals surface area contributed by atoms with Gasteiger partial charge in [0.25, 0.3) is 5.91 Å². The SMILES string of the molecule is C#CC(CCC)NC(=O)c1ccc(Br)c(C)c1. The molecule has 3 heteroatoms. The molecule has 0 aliphatic carbocycles. The van der Waals surface area contributed by atoms with E-state index in [0.29, 0.717) is 5.56 Å². The Bertz CT molecular complexity index is 448. The Kier molecular flexibility index (Phi) is 5.24. The van der Waals surface area contributed by atoms with E-state index in [2.05, 4.69) is 27.2 Å². The quantitative estimate of drug-likeness (QED) is 0.848. The molecule has 17 heavy (non-hydrogen) atoms. The summed E-state index contributed by atoms with van der Waals surface area (Å²) >= 11 is 3.40. The van der Waals surface area contributed by atoms with E-state index < -0.39 is 0 Å². The number of carbonyl (C=O) groups is 1. The van der Waals surface area contributed by atoms with Crippen LogP contribution in [-0.2, 0) is 0 Å². The second-order valence-electron chi connectivity index (χ2n) is 3.95. The maximum Gasteiger partial charge on any atom is 0.252 e. The molecule has 90 valence electrons. The van der Waals surface area contributed by atoms with Crippen molar-refractivity contribution >= 4 is 21.8 Å². The van der Waals surface area contributed by atoms with E-state index in [1.807, 2.05) is 26.0 Å². The molecule has 0 heterocycles. The summed E-state index contributed by atoms with van der Waals surface area (Å²) in [5, 5.41) is 2.84. The summed E-state index contributed by atoms with van der Waals surface area (Å²) in [6.07, 6.45) is 7.12. The molecule has 1 aromatic carbocycles. The predicted molar refractivity (Wildman–Crippen MR) is 73.9 cm³/mol. The van der Waals surface area contributed by atoms with E-state index in [0.717, 1.165) is 22.9 Å². The van der Waals surface area contributed by atoms with E-state index in [4.69, 9.17) is 6.42 Å². The molecule has 1 aromatic rings. The number of hydrogen-bond acceptors (Lipinski definition) is 1. The lowest BCUT2D eigenvalue weighted by Crippen LogP contribution is -2.33. The highest BCUT2D eigenvalue weighted by molar-refractivity contribution is 9.10. The molecule has 1 atom stereocenters. The Morgan fingerprint density at radius 1 is 1.59 bits per heavy atom. The zero-order chi connectivity index (χ0) is 12.8. The summed E-state index contributed by atoms with van der Waals surface area (Å²) in [6, 6.07) is 5.32. The third-order valence-electron chi connectivity index (χ3n) is 2.50. The topological polar surface area (TPSA) is 29.1 Å². The first-order valence-corrected chi connectivity index (χ1v) is 6.41. The van der Waals surface area contributed by atoms with Crippen molar-refractivity contribution in [2.45, 2.75) is 32.7 Å². The van der Waals surface area contributed by atoms with Crippen LogP contribution >= 0.6 is 15.9 Å². The number of nitrogens with one attached hydrogen (secondary N) is 1. The van der Waals surface area contributed by atoms with Crippen LogP contribution in [-0.4, -0.2) is 11.9 Å². The highest BCUT2D eigenvalue weighted by Crippen LogP contribution is 2.17. The van der Waals surface area contributed by atoms with Gasteiger partial charge in [0.2, 0.25) is 0 Å². The van der Waals surface area contributed by atoms with Crippen molar-refractivity contribution < 1.29 is 4.79 Å². The van der Waals surface area contributed by atoms with Gasteiger partial charge in [0.1, 0.15) is 0 Å². The third-order valence-corrected chi connectivity index (χ3v) is 3.39. The Labute approximate surface area is 111 Å². The standard InChI is InChI=1S/C14H16BrNO/c1-4-6-12(5-2)16-14(17)11-7-8-13(15)10(3)9-11/h2,7-9,12H,4,6H2,1,3H3,(H,16,17). The van der Waals surface area contributed by atoms with Crippen LogP contribution in [0, 0.1) is 19.3 Å². The Balaban J connectivity index is 2.76. The van der Waals surface area contributed by atoms with Crippen molar-refractivity contribution in [3.8, 4) is 12.3 Å². The average Bonchev–Trinajstić information content (AvgIpc) is 2.31. The lowest BCUT2D eigenvalue weighted by atomic mass is 10.1. The van der Waals surface area contributed by atoms with Crippen molar-refractivity contribution in [2.75, 3.05) is 0 Å². The minimum Gasteiger partial charge on any atom is -0.338 e. The summed E-state index contributed by atoms with van der Waals surface area (Å²) in [5.74, 6) is 2.47. The molecule has 1 amide bonds. The molecule has 0 saturated heterocycles. The zero-order valence-electron chi connectivity index (χ0n) is 10.1. The second-order valence-corrected chi connectivity index (χ2v) is 4.80. The lowest BCUT2D eigenvalue weighted by Gasteiger charge is -2.12. The lowest BCUT2D eigenvalue weighted by molar-refractivity contribution is 0.0944. The fraction of sp³-hybridized carbons (Fsp3) is 0.357. The van der Waals surface area contributed by atoms with Gasteiger partial charge in [-0.2, -0.15) is 0 Å². The van der Waals surface area contributed by atoms with Crippen molar-refractivity contribution in [3.63, 3.8) is 0 Å². The van der Waals surface area contributed by atoms with Gasteiger partial charge in [-0.15, -0.1) is 6.42 Å². The molecule has 0 aliphatic rings. The largest absolute Gasteiger partial charge is 0.338 e. The van der Waals surface area contributed by atoms with Crippen molar-refractivity contribution in [1.29, 1.82) is 0 Å². The van der Waals surface area contributed by atoms with Crippen LogP contribution in [0.2, 0.25) is 0 Å².